The van der Waals surface area contributed by atoms with E-state index >= 15 is 0 Å². The summed E-state index contributed by atoms with van der Waals surface area (Å²) < 4.78 is 18.6. The molecule has 1 aromatic heterocycles. The van der Waals surface area contributed by atoms with Crippen LogP contribution in [-0.4, -0.2) is 66.7 Å². The number of aromatic nitrogens is 1. The van der Waals surface area contributed by atoms with Gasteiger partial charge in [-0.15, -0.1) is 0 Å². The third-order valence-electron chi connectivity index (χ3n) is 5.43. The number of carbonyl (C=O) groups excluding carboxylic acids is 1. The molecule has 2 fully saturated rings. The molecule has 0 bridgehead atoms. The Labute approximate surface area is 150 Å². The van der Waals surface area contributed by atoms with Crippen molar-refractivity contribution in [1.82, 2.24) is 20.1 Å². The number of hydrogen-bond donors (Lipinski definition) is 1. The maximum atomic E-state index is 13.0. The first-order chi connectivity index (χ1) is 12.6. The van der Waals surface area contributed by atoms with Gasteiger partial charge in [-0.05, 0) is 24.4 Å². The lowest BCUT2D eigenvalue weighted by molar-refractivity contribution is -0.00529. The lowest BCUT2D eigenvalue weighted by atomic mass is 9.73. The number of urea groups is 1. The van der Waals surface area contributed by atoms with Crippen LogP contribution in [0.3, 0.4) is 0 Å². The maximum absolute atomic E-state index is 13.0. The molecule has 8 heteroatoms. The molecule has 136 valence electrons. The summed E-state index contributed by atoms with van der Waals surface area (Å²) in [5.41, 5.74) is 1.02. The normalized spacial score (nSPS) is 23.0. The average Bonchev–Trinajstić information content (AvgIpc) is 2.60. The van der Waals surface area contributed by atoms with Gasteiger partial charge in [-0.1, -0.05) is 0 Å². The molecule has 0 aliphatic carbocycles. The highest BCUT2D eigenvalue weighted by atomic mass is 19.1. The molecule has 4 aliphatic rings. The second-order valence-electron chi connectivity index (χ2n) is 7.35. The Hall–Kier alpha value is -2.77. The molecular formula is C18H20FN5O2. The number of ether oxygens (including phenoxy) is 1. The molecule has 4 aliphatic heterocycles. The fourth-order valence-electron chi connectivity index (χ4n) is 4.17. The molecule has 1 N–H and O–H groups in total. The number of anilines is 1. The summed E-state index contributed by atoms with van der Waals surface area (Å²) in [6.07, 6.45) is 4.99. The largest absolute Gasteiger partial charge is 0.492 e. The summed E-state index contributed by atoms with van der Waals surface area (Å²) in [6, 6.07) is 3.19. The number of carbonyl (C=O) groups is 1. The van der Waals surface area contributed by atoms with Crippen LogP contribution in [0.2, 0.25) is 0 Å². The number of nitrogens with one attached hydrogen (secondary N) is 1. The fourth-order valence-corrected chi connectivity index (χ4v) is 4.17. The number of halogens is 1. The molecule has 0 aromatic carbocycles. The number of hydrogen-bond acceptors (Lipinski definition) is 5. The minimum Gasteiger partial charge on any atom is -0.492 e. The Morgan fingerprint density at radius 1 is 1.27 bits per heavy atom. The molecule has 0 saturated carbocycles. The molecule has 26 heavy (non-hydrogen) atoms. The molecule has 2 saturated heterocycles. The summed E-state index contributed by atoms with van der Waals surface area (Å²) >= 11 is 0. The van der Waals surface area contributed by atoms with Gasteiger partial charge in [0.2, 0.25) is 0 Å². The Balaban J connectivity index is 1.20. The van der Waals surface area contributed by atoms with Gasteiger partial charge in [0.05, 0.1) is 25.0 Å². The molecule has 1 aromatic rings. The highest BCUT2D eigenvalue weighted by molar-refractivity contribution is 5.79. The van der Waals surface area contributed by atoms with Gasteiger partial charge in [0, 0.05) is 31.6 Å². The van der Waals surface area contributed by atoms with Crippen LogP contribution >= 0.6 is 0 Å². The van der Waals surface area contributed by atoms with Crippen LogP contribution in [-0.2, 0) is 4.74 Å². The lowest BCUT2D eigenvalue weighted by Gasteiger charge is -2.60. The molecule has 1 spiro atoms. The van der Waals surface area contributed by atoms with Gasteiger partial charge in [-0.3, -0.25) is 4.90 Å². The first-order valence-electron chi connectivity index (χ1n) is 8.82. The molecule has 5 heterocycles. The number of likely N-dealkylation sites (tertiary alicyclic amines) is 1. The number of nitrogens with zero attached hydrogens (tertiary/aromatic N) is 4. The Morgan fingerprint density at radius 2 is 2.12 bits per heavy atom. The van der Waals surface area contributed by atoms with E-state index in [9.17, 15) is 9.18 Å². The van der Waals surface area contributed by atoms with E-state index in [2.05, 4.69) is 15.2 Å². The second kappa shape index (κ2) is 5.62. The fraction of sp³-hybridized carbons (Fsp3) is 0.444. The zero-order chi connectivity index (χ0) is 17.7. The summed E-state index contributed by atoms with van der Waals surface area (Å²) in [5.74, 6) is 1.31. The number of amides is 2. The van der Waals surface area contributed by atoms with E-state index in [1.54, 1.807) is 6.07 Å². The molecule has 7 nitrogen and oxygen atoms in total. The summed E-state index contributed by atoms with van der Waals surface area (Å²) in [5, 5.41) is 3.11. The number of allylic oxidation sites excluding steroid dienone is 1. The third kappa shape index (κ3) is 2.40. The van der Waals surface area contributed by atoms with E-state index in [4.69, 9.17) is 4.74 Å². The number of rotatable bonds is 1. The number of dihydropyridines is 1. The van der Waals surface area contributed by atoms with Crippen molar-refractivity contribution < 1.29 is 13.9 Å². The lowest BCUT2D eigenvalue weighted by Crippen LogP contribution is -2.74. The quantitative estimate of drug-likeness (QED) is 0.816. The van der Waals surface area contributed by atoms with Crippen molar-refractivity contribution in [1.29, 1.82) is 0 Å². The van der Waals surface area contributed by atoms with E-state index in [1.165, 1.54) is 12.3 Å². The molecular weight excluding hydrogens is 337 g/mol. The zero-order valence-electron chi connectivity index (χ0n) is 14.3. The van der Waals surface area contributed by atoms with Crippen molar-refractivity contribution in [3.63, 3.8) is 0 Å². The maximum Gasteiger partial charge on any atom is 0.324 e. The van der Waals surface area contributed by atoms with Gasteiger partial charge < -0.3 is 19.9 Å². The van der Waals surface area contributed by atoms with E-state index in [0.717, 1.165) is 43.5 Å². The smallest absolute Gasteiger partial charge is 0.324 e. The minimum absolute atomic E-state index is 0.0522. The SMILES string of the molecule is O=C(N1CC2(C1)CN(c1ccc(F)cn1)C2)N1CCOC2=C1C=CNC2. The van der Waals surface area contributed by atoms with Crippen LogP contribution < -0.4 is 10.2 Å². The van der Waals surface area contributed by atoms with Crippen LogP contribution in [0.25, 0.3) is 0 Å². The molecule has 0 atom stereocenters. The van der Waals surface area contributed by atoms with Crippen LogP contribution in [0.5, 0.6) is 0 Å². The van der Waals surface area contributed by atoms with Gasteiger partial charge in [0.15, 0.2) is 0 Å². The van der Waals surface area contributed by atoms with Gasteiger partial charge in [-0.2, -0.15) is 0 Å². The van der Waals surface area contributed by atoms with Crippen molar-refractivity contribution in [2.24, 2.45) is 5.41 Å². The van der Waals surface area contributed by atoms with Crippen molar-refractivity contribution in [2.75, 3.05) is 50.8 Å². The van der Waals surface area contributed by atoms with Crippen molar-refractivity contribution >= 4 is 11.8 Å². The first kappa shape index (κ1) is 15.5. The number of pyridine rings is 1. The zero-order valence-corrected chi connectivity index (χ0v) is 14.3. The summed E-state index contributed by atoms with van der Waals surface area (Å²) in [4.78, 5) is 22.9. The van der Waals surface area contributed by atoms with E-state index < -0.39 is 0 Å². The van der Waals surface area contributed by atoms with Crippen molar-refractivity contribution in [2.45, 2.75) is 0 Å². The van der Waals surface area contributed by atoms with Crippen LogP contribution in [0, 0.1) is 11.2 Å². The summed E-state index contributed by atoms with van der Waals surface area (Å²) in [6.45, 7) is 4.96. The van der Waals surface area contributed by atoms with Gasteiger partial charge in [0.25, 0.3) is 0 Å². The Bertz CT molecular complexity index is 792. The summed E-state index contributed by atoms with van der Waals surface area (Å²) in [7, 11) is 0. The topological polar surface area (TPSA) is 60.9 Å². The van der Waals surface area contributed by atoms with E-state index in [0.29, 0.717) is 19.7 Å². The average molecular weight is 357 g/mol. The van der Waals surface area contributed by atoms with Crippen LogP contribution in [0.4, 0.5) is 15.0 Å². The predicted molar refractivity (Wildman–Crippen MR) is 92.6 cm³/mol. The van der Waals surface area contributed by atoms with Crippen LogP contribution in [0.15, 0.2) is 42.1 Å². The molecule has 2 amide bonds. The van der Waals surface area contributed by atoms with Gasteiger partial charge in [0.1, 0.15) is 24.0 Å². The Kier molecular flexibility index (Phi) is 3.35. The van der Waals surface area contributed by atoms with Gasteiger partial charge >= 0.3 is 6.03 Å². The second-order valence-corrected chi connectivity index (χ2v) is 7.35. The Morgan fingerprint density at radius 3 is 2.88 bits per heavy atom. The monoisotopic (exact) mass is 357 g/mol. The highest BCUT2D eigenvalue weighted by Gasteiger charge is 2.54. The molecule has 0 radical (unpaired) electrons. The predicted octanol–water partition coefficient (Wildman–Crippen LogP) is 1.12. The minimum atomic E-state index is -0.324. The standard InChI is InChI=1S/C18H20FN5O2/c19-13-1-2-16(21-7-13)22-9-18(10-22)11-23(12-18)17(25)24-5-6-26-15-8-20-4-3-14(15)24/h1-4,7,20H,5-6,8-12H2. The van der Waals surface area contributed by atoms with E-state index in [1.807, 2.05) is 22.1 Å². The van der Waals surface area contributed by atoms with Crippen molar-refractivity contribution in [3.05, 3.63) is 47.9 Å². The first-order valence-corrected chi connectivity index (χ1v) is 8.82. The van der Waals surface area contributed by atoms with Crippen LogP contribution in [0.1, 0.15) is 0 Å². The van der Waals surface area contributed by atoms with Gasteiger partial charge in [-0.25, -0.2) is 14.2 Å². The highest BCUT2D eigenvalue weighted by Crippen LogP contribution is 2.42. The van der Waals surface area contributed by atoms with E-state index in [-0.39, 0.29) is 17.3 Å². The molecule has 5 rings (SSSR count). The van der Waals surface area contributed by atoms with Crippen molar-refractivity contribution in [3.8, 4) is 0 Å². The molecule has 0 unspecified atom stereocenters. The third-order valence-corrected chi connectivity index (χ3v) is 5.43.